The van der Waals surface area contributed by atoms with Gasteiger partial charge in [-0.1, -0.05) is 18.2 Å². The van der Waals surface area contributed by atoms with Gasteiger partial charge in [0.25, 0.3) is 0 Å². The summed E-state index contributed by atoms with van der Waals surface area (Å²) in [5.74, 6) is -0.900. The number of benzene rings is 1. The van der Waals surface area contributed by atoms with E-state index in [0.717, 1.165) is 0 Å². The molecule has 0 amide bonds. The topological polar surface area (TPSA) is 67.1 Å². The number of carboxylic acid groups (broad SMARTS) is 1. The van der Waals surface area contributed by atoms with Crippen LogP contribution in [0.2, 0.25) is 0 Å². The molecule has 2 heterocycles. The highest BCUT2D eigenvalue weighted by molar-refractivity contribution is 5.93. The Morgan fingerprint density at radius 1 is 1.47 bits per heavy atom. The molecule has 2 N–H and O–H groups in total. The van der Waals surface area contributed by atoms with Crippen molar-refractivity contribution in [1.82, 2.24) is 9.78 Å². The summed E-state index contributed by atoms with van der Waals surface area (Å²) in [5.41, 5.74) is 0.645. The number of anilines is 1. The molecule has 0 radical (unpaired) electrons. The van der Waals surface area contributed by atoms with Crippen LogP contribution in [0.5, 0.6) is 0 Å². The second-order valence-corrected chi connectivity index (χ2v) is 4.41. The summed E-state index contributed by atoms with van der Waals surface area (Å²) < 4.78 is 15.4. The van der Waals surface area contributed by atoms with Crippen LogP contribution < -0.4 is 5.32 Å². The Labute approximate surface area is 108 Å². The van der Waals surface area contributed by atoms with Crippen LogP contribution in [0.25, 0.3) is 0 Å². The first kappa shape index (κ1) is 11.7. The van der Waals surface area contributed by atoms with E-state index in [1.54, 1.807) is 22.9 Å². The lowest BCUT2D eigenvalue weighted by Gasteiger charge is -2.26. The molecule has 98 valence electrons. The van der Waals surface area contributed by atoms with Crippen molar-refractivity contribution in [3.63, 3.8) is 0 Å². The first-order chi connectivity index (χ1) is 9.18. The molecule has 6 heteroatoms. The number of rotatable bonds is 2. The van der Waals surface area contributed by atoms with Crippen molar-refractivity contribution in [1.29, 1.82) is 0 Å². The van der Waals surface area contributed by atoms with E-state index in [0.29, 0.717) is 24.3 Å². The number of halogens is 1. The van der Waals surface area contributed by atoms with Gasteiger partial charge in [-0.15, -0.1) is 0 Å². The van der Waals surface area contributed by atoms with Gasteiger partial charge in [-0.3, -0.25) is 0 Å². The maximum absolute atomic E-state index is 13.9. The molecular weight excluding hydrogens is 249 g/mol. The zero-order chi connectivity index (χ0) is 13.4. The lowest BCUT2D eigenvalue weighted by Crippen LogP contribution is -2.26. The number of nitrogens with zero attached hydrogens (tertiary/aromatic N) is 2. The molecule has 0 fully saturated rings. The molecule has 3 rings (SSSR count). The van der Waals surface area contributed by atoms with Gasteiger partial charge in [-0.05, 0) is 12.5 Å². The average Bonchev–Trinajstić information content (AvgIpc) is 2.83. The second-order valence-electron chi connectivity index (χ2n) is 4.41. The molecule has 0 saturated carbocycles. The molecule has 1 unspecified atom stereocenters. The summed E-state index contributed by atoms with van der Waals surface area (Å²) in [6.07, 6.45) is 1.96. The van der Waals surface area contributed by atoms with Gasteiger partial charge in [0.2, 0.25) is 0 Å². The van der Waals surface area contributed by atoms with Crippen molar-refractivity contribution in [3.8, 4) is 0 Å². The number of aromatic carboxylic acids is 1. The quantitative estimate of drug-likeness (QED) is 0.869. The van der Waals surface area contributed by atoms with Crippen LogP contribution in [0, 0.1) is 5.82 Å². The van der Waals surface area contributed by atoms with Gasteiger partial charge < -0.3 is 10.4 Å². The molecule has 1 aromatic heterocycles. The predicted molar refractivity (Wildman–Crippen MR) is 66.8 cm³/mol. The van der Waals surface area contributed by atoms with Crippen LogP contribution in [0.3, 0.4) is 0 Å². The van der Waals surface area contributed by atoms with Crippen LogP contribution in [-0.4, -0.2) is 27.4 Å². The summed E-state index contributed by atoms with van der Waals surface area (Å²) >= 11 is 0. The number of carboxylic acids is 1. The zero-order valence-electron chi connectivity index (χ0n) is 10.0. The van der Waals surface area contributed by atoms with Gasteiger partial charge in [0.1, 0.15) is 17.2 Å². The Hall–Kier alpha value is -2.37. The number of hydrogen-bond donors (Lipinski definition) is 2. The number of fused-ring (bicyclic) bond motifs is 1. The third kappa shape index (κ3) is 1.85. The Bertz CT molecular complexity index is 639. The Morgan fingerprint density at radius 2 is 2.26 bits per heavy atom. The second kappa shape index (κ2) is 4.38. The molecule has 0 saturated heterocycles. The average molecular weight is 261 g/mol. The molecule has 0 aliphatic carbocycles. The van der Waals surface area contributed by atoms with E-state index < -0.39 is 5.97 Å². The lowest BCUT2D eigenvalue weighted by molar-refractivity contribution is 0.0697. The number of hydrogen-bond acceptors (Lipinski definition) is 3. The fourth-order valence-electron chi connectivity index (χ4n) is 2.41. The van der Waals surface area contributed by atoms with E-state index in [1.165, 1.54) is 12.3 Å². The highest BCUT2D eigenvalue weighted by atomic mass is 19.1. The summed E-state index contributed by atoms with van der Waals surface area (Å²) in [6, 6.07) is 6.23. The molecule has 0 spiro atoms. The standard InChI is InChI=1S/C13H12FN3O2/c14-10-4-2-1-3-8(10)11-5-6-15-12-9(13(18)19)7-16-17(11)12/h1-4,7,11,15H,5-6H2,(H,18,19). The molecule has 0 bridgehead atoms. The monoisotopic (exact) mass is 261 g/mol. The van der Waals surface area contributed by atoms with E-state index in [1.807, 2.05) is 0 Å². The minimum Gasteiger partial charge on any atom is -0.477 e. The van der Waals surface area contributed by atoms with Gasteiger partial charge in [0.05, 0.1) is 12.2 Å². The van der Waals surface area contributed by atoms with Crippen molar-refractivity contribution in [3.05, 3.63) is 47.4 Å². The third-order valence-electron chi connectivity index (χ3n) is 3.30. The number of nitrogens with one attached hydrogen (secondary N) is 1. The minimum absolute atomic E-state index is 0.112. The normalized spacial score (nSPS) is 17.6. The van der Waals surface area contributed by atoms with Gasteiger partial charge in [0, 0.05) is 12.1 Å². The fraction of sp³-hybridized carbons (Fsp3) is 0.231. The van der Waals surface area contributed by atoms with E-state index in [-0.39, 0.29) is 17.4 Å². The van der Waals surface area contributed by atoms with Gasteiger partial charge in [-0.2, -0.15) is 5.10 Å². The summed E-state index contributed by atoms with van der Waals surface area (Å²) in [4.78, 5) is 11.1. The summed E-state index contributed by atoms with van der Waals surface area (Å²) in [7, 11) is 0. The molecular formula is C13H12FN3O2. The highest BCUT2D eigenvalue weighted by Crippen LogP contribution is 2.32. The Kier molecular flexibility index (Phi) is 2.70. The van der Waals surface area contributed by atoms with Crippen LogP contribution in [0.15, 0.2) is 30.5 Å². The van der Waals surface area contributed by atoms with E-state index >= 15 is 0 Å². The first-order valence-corrected chi connectivity index (χ1v) is 5.97. The van der Waals surface area contributed by atoms with Crippen LogP contribution in [0.1, 0.15) is 28.4 Å². The summed E-state index contributed by atoms with van der Waals surface area (Å²) in [5, 5.41) is 16.2. The van der Waals surface area contributed by atoms with Gasteiger partial charge in [0.15, 0.2) is 0 Å². The Balaban J connectivity index is 2.09. The van der Waals surface area contributed by atoms with Crippen molar-refractivity contribution in [2.75, 3.05) is 11.9 Å². The van der Waals surface area contributed by atoms with Crippen LogP contribution in [-0.2, 0) is 0 Å². The fourth-order valence-corrected chi connectivity index (χ4v) is 2.41. The van der Waals surface area contributed by atoms with E-state index in [9.17, 15) is 9.18 Å². The van der Waals surface area contributed by atoms with Crippen LogP contribution in [0.4, 0.5) is 10.2 Å². The molecule has 1 aromatic carbocycles. The van der Waals surface area contributed by atoms with Gasteiger partial charge in [-0.25, -0.2) is 13.9 Å². The van der Waals surface area contributed by atoms with Crippen molar-refractivity contribution in [2.24, 2.45) is 0 Å². The highest BCUT2D eigenvalue weighted by Gasteiger charge is 2.28. The molecule has 2 aromatic rings. The van der Waals surface area contributed by atoms with Crippen LogP contribution >= 0.6 is 0 Å². The molecule has 1 aliphatic rings. The zero-order valence-corrected chi connectivity index (χ0v) is 10.0. The largest absolute Gasteiger partial charge is 0.477 e. The lowest BCUT2D eigenvalue weighted by atomic mass is 10.0. The van der Waals surface area contributed by atoms with Crippen molar-refractivity contribution in [2.45, 2.75) is 12.5 Å². The molecule has 19 heavy (non-hydrogen) atoms. The maximum atomic E-state index is 13.9. The number of carbonyl (C=O) groups is 1. The smallest absolute Gasteiger partial charge is 0.341 e. The number of aromatic nitrogens is 2. The minimum atomic E-state index is -1.04. The van der Waals surface area contributed by atoms with E-state index in [2.05, 4.69) is 10.4 Å². The Morgan fingerprint density at radius 3 is 3.00 bits per heavy atom. The SMILES string of the molecule is O=C(O)c1cnn2c1NCCC2c1ccccc1F. The predicted octanol–water partition coefficient (Wildman–Crippen LogP) is 2.13. The molecule has 1 aliphatic heterocycles. The van der Waals surface area contributed by atoms with E-state index in [4.69, 9.17) is 5.11 Å². The third-order valence-corrected chi connectivity index (χ3v) is 3.30. The maximum Gasteiger partial charge on any atom is 0.341 e. The molecule has 5 nitrogen and oxygen atoms in total. The molecule has 1 atom stereocenters. The van der Waals surface area contributed by atoms with Crippen molar-refractivity contribution >= 4 is 11.8 Å². The first-order valence-electron chi connectivity index (χ1n) is 5.97. The summed E-state index contributed by atoms with van der Waals surface area (Å²) in [6.45, 7) is 0.588. The van der Waals surface area contributed by atoms with Crippen molar-refractivity contribution < 1.29 is 14.3 Å². The van der Waals surface area contributed by atoms with Gasteiger partial charge >= 0.3 is 5.97 Å².